The first-order valence-electron chi connectivity index (χ1n) is 6.24. The zero-order valence-corrected chi connectivity index (χ0v) is 13.9. The monoisotopic (exact) mass is 358 g/mol. The van der Waals surface area contributed by atoms with Crippen LogP contribution in [0.1, 0.15) is 28.6 Å². The molecule has 2 rings (SSSR count). The van der Waals surface area contributed by atoms with Crippen molar-refractivity contribution in [3.63, 3.8) is 0 Å². The Bertz CT molecular complexity index is 595. The zero-order chi connectivity index (χ0) is 14.7. The number of hydrogen-bond acceptors (Lipinski definition) is 3. The Kier molecular flexibility index (Phi) is 5.00. The Balaban J connectivity index is 2.49. The molecule has 1 aromatic carbocycles. The molecule has 1 unspecified atom stereocenters. The highest BCUT2D eigenvalue weighted by atomic mass is 79.9. The minimum atomic E-state index is -0.0467. The lowest BCUT2D eigenvalue weighted by molar-refractivity contribution is 0.392. The fourth-order valence-electron chi connectivity index (χ4n) is 2.15. The number of methoxy groups -OCH3 is 2. The van der Waals surface area contributed by atoms with Gasteiger partial charge in [0.1, 0.15) is 22.3 Å². The first-order valence-corrected chi connectivity index (χ1v) is 7.54. The van der Waals surface area contributed by atoms with Gasteiger partial charge >= 0.3 is 0 Å². The number of ether oxygens (including phenoxy) is 2. The summed E-state index contributed by atoms with van der Waals surface area (Å²) in [6.07, 6.45) is 2.52. The van der Waals surface area contributed by atoms with Gasteiger partial charge in [-0.05, 0) is 12.1 Å². The fraction of sp³-hybridized carbons (Fsp3) is 0.333. The van der Waals surface area contributed by atoms with Crippen LogP contribution in [0.15, 0.2) is 28.9 Å². The summed E-state index contributed by atoms with van der Waals surface area (Å²) in [6, 6.07) is 5.73. The van der Waals surface area contributed by atoms with E-state index in [9.17, 15) is 0 Å². The molecule has 0 aliphatic rings. The van der Waals surface area contributed by atoms with Crippen molar-refractivity contribution in [1.29, 1.82) is 0 Å². The van der Waals surface area contributed by atoms with Gasteiger partial charge in [0.05, 0.1) is 25.3 Å². The number of halogens is 2. The van der Waals surface area contributed by atoms with Crippen LogP contribution < -0.4 is 9.47 Å². The Labute approximate surface area is 132 Å². The van der Waals surface area contributed by atoms with Gasteiger partial charge in [0.25, 0.3) is 0 Å². The van der Waals surface area contributed by atoms with Crippen molar-refractivity contribution >= 4 is 27.5 Å². The minimum absolute atomic E-state index is 0.0467. The summed E-state index contributed by atoms with van der Waals surface area (Å²) in [5.41, 5.74) is 2.02. The molecule has 0 aliphatic heterocycles. The van der Waals surface area contributed by atoms with E-state index in [2.05, 4.69) is 22.9 Å². The standard InChI is InChI=1S/C15H16BrClO3/c1-4-11-9(7-8-20-11)13(16)10-5-6-12(18-2)14(17)15(10)19-3/h5-8,13H,4H2,1-3H3. The molecule has 0 saturated carbocycles. The first-order chi connectivity index (χ1) is 9.63. The van der Waals surface area contributed by atoms with Gasteiger partial charge in [-0.3, -0.25) is 0 Å². The van der Waals surface area contributed by atoms with E-state index in [0.29, 0.717) is 16.5 Å². The van der Waals surface area contributed by atoms with E-state index in [-0.39, 0.29) is 4.83 Å². The highest BCUT2D eigenvalue weighted by Crippen LogP contribution is 2.44. The fourth-order valence-corrected chi connectivity index (χ4v) is 3.24. The molecule has 0 aliphatic carbocycles. The number of aryl methyl sites for hydroxylation is 1. The van der Waals surface area contributed by atoms with Crippen molar-refractivity contribution in [2.24, 2.45) is 0 Å². The average molecular weight is 360 g/mol. The van der Waals surface area contributed by atoms with Gasteiger partial charge in [-0.2, -0.15) is 0 Å². The Morgan fingerprint density at radius 2 is 1.95 bits per heavy atom. The van der Waals surface area contributed by atoms with Crippen molar-refractivity contribution in [1.82, 2.24) is 0 Å². The van der Waals surface area contributed by atoms with Gasteiger partial charge in [-0.1, -0.05) is 40.5 Å². The minimum Gasteiger partial charge on any atom is -0.495 e. The third-order valence-corrected chi connectivity index (χ3v) is 4.51. The summed E-state index contributed by atoms with van der Waals surface area (Å²) >= 11 is 10.00. The van der Waals surface area contributed by atoms with Crippen molar-refractivity contribution < 1.29 is 13.9 Å². The SMILES string of the molecule is CCc1occc1C(Br)c1ccc(OC)c(Cl)c1OC. The van der Waals surface area contributed by atoms with E-state index in [1.54, 1.807) is 20.5 Å². The van der Waals surface area contributed by atoms with Crippen LogP contribution in [0.2, 0.25) is 5.02 Å². The molecule has 5 heteroatoms. The summed E-state index contributed by atoms with van der Waals surface area (Å²) in [5, 5.41) is 0.471. The number of furan rings is 1. The quantitative estimate of drug-likeness (QED) is 0.704. The number of hydrogen-bond donors (Lipinski definition) is 0. The van der Waals surface area contributed by atoms with Crippen LogP contribution in [0.4, 0.5) is 0 Å². The highest BCUT2D eigenvalue weighted by molar-refractivity contribution is 9.09. The van der Waals surface area contributed by atoms with Crippen LogP contribution in [-0.4, -0.2) is 14.2 Å². The molecule has 0 bridgehead atoms. The molecular weight excluding hydrogens is 344 g/mol. The Hall–Kier alpha value is -1.13. The van der Waals surface area contributed by atoms with Crippen LogP contribution in [0, 0.1) is 0 Å². The van der Waals surface area contributed by atoms with E-state index in [1.165, 1.54) is 0 Å². The first kappa shape index (κ1) is 15.3. The van der Waals surface area contributed by atoms with E-state index in [1.807, 2.05) is 18.2 Å². The van der Waals surface area contributed by atoms with Crippen molar-refractivity contribution in [2.75, 3.05) is 14.2 Å². The number of benzene rings is 1. The third kappa shape index (κ3) is 2.67. The second-order valence-electron chi connectivity index (χ2n) is 4.22. The lowest BCUT2D eigenvalue weighted by Crippen LogP contribution is -2.00. The molecule has 20 heavy (non-hydrogen) atoms. The second-order valence-corrected chi connectivity index (χ2v) is 5.51. The molecule has 3 nitrogen and oxygen atoms in total. The Morgan fingerprint density at radius 3 is 2.55 bits per heavy atom. The van der Waals surface area contributed by atoms with Crippen LogP contribution >= 0.6 is 27.5 Å². The number of rotatable bonds is 5. The molecule has 0 saturated heterocycles. The second kappa shape index (κ2) is 6.55. The molecule has 108 valence electrons. The topological polar surface area (TPSA) is 31.6 Å². The Morgan fingerprint density at radius 1 is 1.20 bits per heavy atom. The van der Waals surface area contributed by atoms with Crippen molar-refractivity contribution in [2.45, 2.75) is 18.2 Å². The predicted molar refractivity (Wildman–Crippen MR) is 83.4 cm³/mol. The highest BCUT2D eigenvalue weighted by Gasteiger charge is 2.23. The van der Waals surface area contributed by atoms with E-state index >= 15 is 0 Å². The predicted octanol–water partition coefficient (Wildman–Crippen LogP) is 5.00. The number of alkyl halides is 1. The van der Waals surface area contributed by atoms with E-state index < -0.39 is 0 Å². The average Bonchev–Trinajstić information content (AvgIpc) is 2.94. The van der Waals surface area contributed by atoms with Gasteiger partial charge in [0.2, 0.25) is 0 Å². The largest absolute Gasteiger partial charge is 0.495 e. The lowest BCUT2D eigenvalue weighted by Gasteiger charge is -2.17. The molecule has 1 atom stereocenters. The molecule has 1 heterocycles. The maximum Gasteiger partial charge on any atom is 0.145 e. The molecule has 0 radical (unpaired) electrons. The normalized spacial score (nSPS) is 12.2. The lowest BCUT2D eigenvalue weighted by atomic mass is 10.0. The van der Waals surface area contributed by atoms with Gasteiger partial charge < -0.3 is 13.9 Å². The van der Waals surface area contributed by atoms with Crippen LogP contribution in [0.3, 0.4) is 0 Å². The maximum absolute atomic E-state index is 6.30. The van der Waals surface area contributed by atoms with Crippen LogP contribution in [0.25, 0.3) is 0 Å². The van der Waals surface area contributed by atoms with Crippen molar-refractivity contribution in [3.05, 3.63) is 46.4 Å². The summed E-state index contributed by atoms with van der Waals surface area (Å²) in [6.45, 7) is 2.06. The zero-order valence-electron chi connectivity index (χ0n) is 11.6. The molecule has 1 aromatic heterocycles. The molecule has 0 N–H and O–H groups in total. The summed E-state index contributed by atoms with van der Waals surface area (Å²) in [7, 11) is 3.18. The van der Waals surface area contributed by atoms with Gasteiger partial charge in [0, 0.05) is 17.5 Å². The smallest absolute Gasteiger partial charge is 0.145 e. The molecule has 0 fully saturated rings. The molecule has 2 aromatic rings. The van der Waals surface area contributed by atoms with Gasteiger partial charge in [0.15, 0.2) is 0 Å². The molecule has 0 amide bonds. The van der Waals surface area contributed by atoms with E-state index in [0.717, 1.165) is 23.3 Å². The van der Waals surface area contributed by atoms with E-state index in [4.69, 9.17) is 25.5 Å². The summed E-state index contributed by atoms with van der Waals surface area (Å²) in [4.78, 5) is -0.0467. The molecular formula is C15H16BrClO3. The van der Waals surface area contributed by atoms with Crippen molar-refractivity contribution in [3.8, 4) is 11.5 Å². The van der Waals surface area contributed by atoms with Crippen LogP contribution in [-0.2, 0) is 6.42 Å². The maximum atomic E-state index is 6.30. The van der Waals surface area contributed by atoms with Gasteiger partial charge in [-0.15, -0.1) is 0 Å². The molecule has 0 spiro atoms. The summed E-state index contributed by atoms with van der Waals surface area (Å²) < 4.78 is 16.1. The van der Waals surface area contributed by atoms with Crippen LogP contribution in [0.5, 0.6) is 11.5 Å². The van der Waals surface area contributed by atoms with Gasteiger partial charge in [-0.25, -0.2) is 0 Å². The third-order valence-electron chi connectivity index (χ3n) is 3.16. The summed E-state index contributed by atoms with van der Waals surface area (Å²) in [5.74, 6) is 2.15.